The molecule has 1 aliphatic heterocycles. The van der Waals surface area contributed by atoms with Crippen molar-refractivity contribution in [2.24, 2.45) is 13.0 Å². The Morgan fingerprint density at radius 3 is 2.40 bits per heavy atom. The third-order valence-corrected chi connectivity index (χ3v) is 8.05. The van der Waals surface area contributed by atoms with Crippen molar-refractivity contribution in [3.05, 3.63) is 120 Å². The van der Waals surface area contributed by atoms with Crippen LogP contribution in [0.15, 0.2) is 70.3 Å². The molecule has 0 atom stereocenters. The molecule has 0 fully saturated rings. The third kappa shape index (κ3) is 7.44. The van der Waals surface area contributed by atoms with Crippen LogP contribution in [0.5, 0.6) is 11.5 Å². The Kier molecular flexibility index (Phi) is 9.68. The average molecular weight is 609 g/mol. The summed E-state index contributed by atoms with van der Waals surface area (Å²) in [7, 11) is 4.91. The van der Waals surface area contributed by atoms with Gasteiger partial charge in [-0.3, -0.25) is 19.3 Å². The Morgan fingerprint density at radius 2 is 1.71 bits per heavy atom. The van der Waals surface area contributed by atoms with Crippen molar-refractivity contribution in [3.8, 4) is 11.5 Å². The van der Waals surface area contributed by atoms with E-state index in [4.69, 9.17) is 9.47 Å². The summed E-state index contributed by atoms with van der Waals surface area (Å²) < 4.78 is 12.3. The second kappa shape index (κ2) is 13.8. The first-order valence-electron chi connectivity index (χ1n) is 15.1. The fraction of sp³-hybridized carbons (Fsp3) is 0.306. The number of nitrogens with zero attached hydrogens (tertiary/aromatic N) is 2. The van der Waals surface area contributed by atoms with Gasteiger partial charge in [-0.2, -0.15) is 0 Å². The van der Waals surface area contributed by atoms with E-state index in [9.17, 15) is 14.4 Å². The van der Waals surface area contributed by atoms with Crippen molar-refractivity contribution in [1.82, 2.24) is 14.5 Å². The van der Waals surface area contributed by atoms with Crippen LogP contribution in [-0.2, 0) is 26.4 Å². The van der Waals surface area contributed by atoms with Crippen molar-refractivity contribution in [3.63, 3.8) is 0 Å². The second-order valence-corrected chi connectivity index (χ2v) is 11.7. The molecule has 45 heavy (non-hydrogen) atoms. The van der Waals surface area contributed by atoms with Crippen LogP contribution in [0.1, 0.15) is 46.5 Å². The molecular weight excluding hydrogens is 568 g/mol. The van der Waals surface area contributed by atoms with Gasteiger partial charge in [0.25, 0.3) is 17.0 Å². The summed E-state index contributed by atoms with van der Waals surface area (Å²) in [4.78, 5) is 43.7. The van der Waals surface area contributed by atoms with Gasteiger partial charge in [-0.05, 0) is 83.5 Å². The van der Waals surface area contributed by atoms with Crippen LogP contribution < -0.4 is 36.6 Å². The number of carbonyl (C=O) groups is 1. The number of amides is 1. The quantitative estimate of drug-likeness (QED) is 0.303. The lowest BCUT2D eigenvalue weighted by Crippen LogP contribution is -2.52. The zero-order valence-corrected chi connectivity index (χ0v) is 26.5. The number of carbonyl (C=O) groups excluding carboxylic acids is 1. The average Bonchev–Trinajstić information content (AvgIpc) is 3.04. The molecule has 234 valence electrons. The second-order valence-electron chi connectivity index (χ2n) is 11.7. The summed E-state index contributed by atoms with van der Waals surface area (Å²) in [6.07, 6.45) is 5.21. The van der Waals surface area contributed by atoms with E-state index in [1.54, 1.807) is 57.7 Å². The SMILES string of the molecule is COc1cc2c(cc1OC)CN(CCc1ccc(NC(=O)c3cccc(C=c4[nH]c(=O)c(=CC(C)C)n(C)c4=O)c3)cc1)CC2. The summed E-state index contributed by atoms with van der Waals surface area (Å²) in [5.74, 6) is 1.38. The molecule has 4 aromatic rings. The molecule has 1 aliphatic rings. The highest BCUT2D eigenvalue weighted by atomic mass is 16.5. The van der Waals surface area contributed by atoms with Crippen molar-refractivity contribution < 1.29 is 14.3 Å². The fourth-order valence-electron chi connectivity index (χ4n) is 5.60. The smallest absolute Gasteiger partial charge is 0.274 e. The molecule has 9 heteroatoms. The monoisotopic (exact) mass is 608 g/mol. The number of hydrogen-bond acceptors (Lipinski definition) is 6. The Morgan fingerprint density at radius 1 is 1.00 bits per heavy atom. The standard InChI is InChI=1S/C36H40N4O5/c1-23(2)17-31-35(42)38-30(36(43)39(31)3)19-25-7-6-8-27(18-25)34(41)37-29-11-9-24(10-12-29)13-15-40-16-14-26-20-32(44-4)33(45-5)21-28(26)22-40/h6-12,17-21,23H,13-16,22H2,1-5H3,(H,37,41)(H,38,42). The lowest BCUT2D eigenvalue weighted by molar-refractivity contribution is 0.102. The van der Waals surface area contributed by atoms with Crippen molar-refractivity contribution >= 4 is 23.7 Å². The molecule has 1 aromatic heterocycles. The Balaban J connectivity index is 1.22. The topological polar surface area (TPSA) is 106 Å². The zero-order chi connectivity index (χ0) is 32.1. The van der Waals surface area contributed by atoms with E-state index < -0.39 is 0 Å². The molecule has 0 spiro atoms. The molecule has 0 bridgehead atoms. The molecule has 9 nitrogen and oxygen atoms in total. The van der Waals surface area contributed by atoms with Gasteiger partial charge >= 0.3 is 0 Å². The largest absolute Gasteiger partial charge is 0.493 e. The zero-order valence-electron chi connectivity index (χ0n) is 26.5. The minimum Gasteiger partial charge on any atom is -0.493 e. The van der Waals surface area contributed by atoms with Crippen LogP contribution in [0.4, 0.5) is 5.69 Å². The minimum atomic E-state index is -0.336. The number of nitrogens with one attached hydrogen (secondary N) is 2. The lowest BCUT2D eigenvalue weighted by atomic mass is 9.98. The number of fused-ring (bicyclic) bond motifs is 1. The van der Waals surface area contributed by atoms with Crippen LogP contribution in [0.3, 0.4) is 0 Å². The number of aromatic amines is 1. The predicted molar refractivity (Wildman–Crippen MR) is 177 cm³/mol. The first-order valence-corrected chi connectivity index (χ1v) is 15.1. The number of rotatable bonds is 9. The number of anilines is 1. The third-order valence-electron chi connectivity index (χ3n) is 8.05. The fourth-order valence-corrected chi connectivity index (χ4v) is 5.60. The summed E-state index contributed by atoms with van der Waals surface area (Å²) in [5, 5.41) is 3.44. The summed E-state index contributed by atoms with van der Waals surface area (Å²) in [6.45, 7) is 6.67. The van der Waals surface area contributed by atoms with Gasteiger partial charge < -0.3 is 24.3 Å². The van der Waals surface area contributed by atoms with Crippen LogP contribution >= 0.6 is 0 Å². The lowest BCUT2D eigenvalue weighted by Gasteiger charge is -2.29. The normalized spacial score (nSPS) is 14.0. The minimum absolute atomic E-state index is 0.118. The number of aromatic nitrogens is 2. The van der Waals surface area contributed by atoms with Gasteiger partial charge in [0.15, 0.2) is 11.5 Å². The van der Waals surface area contributed by atoms with Crippen LogP contribution in [0, 0.1) is 5.92 Å². The number of hydrogen-bond donors (Lipinski definition) is 2. The van der Waals surface area contributed by atoms with Gasteiger partial charge in [0.2, 0.25) is 0 Å². The molecular formula is C36H40N4O5. The van der Waals surface area contributed by atoms with Gasteiger partial charge in [-0.1, -0.05) is 44.2 Å². The highest BCUT2D eigenvalue weighted by Gasteiger charge is 2.19. The van der Waals surface area contributed by atoms with Crippen molar-refractivity contribution in [2.45, 2.75) is 33.2 Å². The highest BCUT2D eigenvalue weighted by Crippen LogP contribution is 2.33. The van der Waals surface area contributed by atoms with Crippen LogP contribution in [0.25, 0.3) is 12.2 Å². The molecule has 0 radical (unpaired) electrons. The molecule has 2 N–H and O–H groups in total. The van der Waals surface area contributed by atoms with Gasteiger partial charge in [0, 0.05) is 37.9 Å². The Bertz CT molecular complexity index is 1940. The van der Waals surface area contributed by atoms with E-state index in [0.717, 1.165) is 44.0 Å². The first kappa shape index (κ1) is 31.5. The first-order chi connectivity index (χ1) is 21.6. The van der Waals surface area contributed by atoms with E-state index in [1.807, 2.05) is 38.1 Å². The summed E-state index contributed by atoms with van der Waals surface area (Å²) in [6, 6.07) is 19.0. The van der Waals surface area contributed by atoms with E-state index >= 15 is 0 Å². The van der Waals surface area contributed by atoms with Gasteiger partial charge in [0.05, 0.1) is 14.2 Å². The molecule has 0 saturated heterocycles. The molecule has 5 rings (SSSR count). The summed E-state index contributed by atoms with van der Waals surface area (Å²) >= 11 is 0. The van der Waals surface area contributed by atoms with Gasteiger partial charge in [-0.25, -0.2) is 0 Å². The number of benzene rings is 3. The van der Waals surface area contributed by atoms with E-state index in [-0.39, 0.29) is 28.3 Å². The molecule has 0 saturated carbocycles. The highest BCUT2D eigenvalue weighted by molar-refractivity contribution is 6.04. The van der Waals surface area contributed by atoms with Crippen molar-refractivity contribution in [1.29, 1.82) is 0 Å². The molecule has 0 unspecified atom stereocenters. The number of ether oxygens (including phenoxy) is 2. The van der Waals surface area contributed by atoms with Gasteiger partial charge in [0.1, 0.15) is 10.7 Å². The Labute approximate surface area is 262 Å². The number of methoxy groups -OCH3 is 2. The van der Waals surface area contributed by atoms with E-state index in [1.165, 1.54) is 21.3 Å². The van der Waals surface area contributed by atoms with E-state index in [0.29, 0.717) is 22.2 Å². The van der Waals surface area contributed by atoms with Crippen molar-refractivity contribution in [2.75, 3.05) is 32.6 Å². The number of H-pyrrole nitrogens is 1. The predicted octanol–water partition coefficient (Wildman–Crippen LogP) is 3.21. The maximum atomic E-state index is 13.1. The van der Waals surface area contributed by atoms with Gasteiger partial charge in [-0.15, -0.1) is 0 Å². The molecule has 2 heterocycles. The molecule has 3 aromatic carbocycles. The maximum absolute atomic E-state index is 13.1. The maximum Gasteiger partial charge on any atom is 0.274 e. The van der Waals surface area contributed by atoms with Crippen LogP contribution in [0.2, 0.25) is 0 Å². The molecule has 1 amide bonds. The summed E-state index contributed by atoms with van der Waals surface area (Å²) in [5.41, 5.74) is 4.88. The van der Waals surface area contributed by atoms with E-state index in [2.05, 4.69) is 27.3 Å². The Hall–Kier alpha value is -4.89. The molecule has 0 aliphatic carbocycles. The van der Waals surface area contributed by atoms with Crippen LogP contribution in [-0.4, -0.2) is 47.7 Å².